The Labute approximate surface area is 212 Å². The molecule has 10 heteroatoms. The summed E-state index contributed by atoms with van der Waals surface area (Å²) in [6.45, 7) is 4.44. The number of amides is 1. The SMILES string of the molecule is COc1cc(C2CC(=O)Nc3c2c(C)nn3-c2ccc3nncn3n2)ccc1OCc1ccccc1C. The average molecular weight is 496 g/mol. The molecule has 0 saturated heterocycles. The normalized spacial score (nSPS) is 14.9. The molecular formula is C27H25N7O3. The molecular weight excluding hydrogens is 470 g/mol. The Hall–Kier alpha value is -4.73. The molecule has 1 amide bonds. The van der Waals surface area contributed by atoms with Crippen molar-refractivity contribution in [1.82, 2.24) is 29.6 Å². The second-order valence-corrected chi connectivity index (χ2v) is 9.02. The summed E-state index contributed by atoms with van der Waals surface area (Å²) >= 11 is 0. The second-order valence-electron chi connectivity index (χ2n) is 9.02. The third-order valence-electron chi connectivity index (χ3n) is 6.70. The Morgan fingerprint density at radius 1 is 1.05 bits per heavy atom. The lowest BCUT2D eigenvalue weighted by molar-refractivity contribution is -0.116. The van der Waals surface area contributed by atoms with Crippen molar-refractivity contribution in [3.05, 3.63) is 88.9 Å². The van der Waals surface area contributed by atoms with Gasteiger partial charge in [-0.15, -0.1) is 15.3 Å². The minimum Gasteiger partial charge on any atom is -0.493 e. The first kappa shape index (κ1) is 22.7. The number of nitrogens with zero attached hydrogens (tertiary/aromatic N) is 6. The van der Waals surface area contributed by atoms with Gasteiger partial charge in [-0.2, -0.15) is 14.3 Å². The molecule has 0 aliphatic carbocycles. The molecule has 5 aromatic rings. The summed E-state index contributed by atoms with van der Waals surface area (Å²) in [6.07, 6.45) is 1.82. The van der Waals surface area contributed by atoms with E-state index in [-0.39, 0.29) is 11.8 Å². The maximum Gasteiger partial charge on any atom is 0.226 e. The molecule has 2 aromatic carbocycles. The number of hydrogen-bond acceptors (Lipinski definition) is 7. The fourth-order valence-electron chi connectivity index (χ4n) is 4.78. The van der Waals surface area contributed by atoms with Crippen molar-refractivity contribution in [1.29, 1.82) is 0 Å². The second kappa shape index (κ2) is 9.05. The Bertz CT molecular complexity index is 1640. The van der Waals surface area contributed by atoms with Crippen LogP contribution in [0.3, 0.4) is 0 Å². The molecule has 3 aromatic heterocycles. The van der Waals surface area contributed by atoms with E-state index in [0.29, 0.717) is 41.8 Å². The number of ether oxygens (including phenoxy) is 2. The predicted octanol–water partition coefficient (Wildman–Crippen LogP) is 3.99. The van der Waals surface area contributed by atoms with Crippen LogP contribution in [0.2, 0.25) is 0 Å². The summed E-state index contributed by atoms with van der Waals surface area (Å²) in [5, 5.41) is 20.1. The molecule has 1 N–H and O–H groups in total. The van der Waals surface area contributed by atoms with Gasteiger partial charge in [-0.3, -0.25) is 4.79 Å². The largest absolute Gasteiger partial charge is 0.493 e. The van der Waals surface area contributed by atoms with Gasteiger partial charge in [0.1, 0.15) is 18.8 Å². The van der Waals surface area contributed by atoms with Crippen LogP contribution in [-0.4, -0.2) is 42.6 Å². The first-order valence-corrected chi connectivity index (χ1v) is 11.9. The highest BCUT2D eigenvalue weighted by molar-refractivity contribution is 5.95. The van der Waals surface area contributed by atoms with Crippen LogP contribution < -0.4 is 14.8 Å². The fraction of sp³-hybridized carbons (Fsp3) is 0.222. The topological polar surface area (TPSA) is 108 Å². The van der Waals surface area contributed by atoms with Crippen molar-refractivity contribution >= 4 is 17.4 Å². The zero-order chi connectivity index (χ0) is 25.5. The van der Waals surface area contributed by atoms with E-state index in [1.54, 1.807) is 28.4 Å². The molecule has 4 heterocycles. The van der Waals surface area contributed by atoms with Gasteiger partial charge < -0.3 is 14.8 Å². The summed E-state index contributed by atoms with van der Waals surface area (Å²) < 4.78 is 15.0. The molecule has 6 rings (SSSR count). The maximum atomic E-state index is 12.8. The number of benzene rings is 2. The van der Waals surface area contributed by atoms with Gasteiger partial charge in [-0.25, -0.2) is 0 Å². The summed E-state index contributed by atoms with van der Waals surface area (Å²) in [6, 6.07) is 17.6. The highest BCUT2D eigenvalue weighted by Gasteiger charge is 2.33. The van der Waals surface area contributed by atoms with Crippen LogP contribution in [0.5, 0.6) is 11.5 Å². The number of methoxy groups -OCH3 is 1. The summed E-state index contributed by atoms with van der Waals surface area (Å²) in [7, 11) is 1.62. The number of aryl methyl sites for hydroxylation is 2. The minimum atomic E-state index is -0.199. The lowest BCUT2D eigenvalue weighted by Crippen LogP contribution is -2.25. The van der Waals surface area contributed by atoms with Gasteiger partial charge in [0, 0.05) is 17.9 Å². The molecule has 0 fully saturated rings. The summed E-state index contributed by atoms with van der Waals surface area (Å²) in [5.74, 6) is 2.13. The van der Waals surface area contributed by atoms with Crippen LogP contribution in [0, 0.1) is 13.8 Å². The smallest absolute Gasteiger partial charge is 0.226 e. The average Bonchev–Trinajstić information content (AvgIpc) is 3.51. The standard InChI is InChI=1S/C27H25N7O3/c1-16-6-4-5-7-19(16)14-37-21-9-8-18(12-22(21)36-3)20-13-25(35)29-27-26(20)17(2)31-34(27)24-11-10-23-30-28-15-33(23)32-24/h4-12,15,20H,13-14H2,1-3H3,(H,29,35). The zero-order valence-electron chi connectivity index (χ0n) is 20.7. The number of carbonyl (C=O) groups is 1. The predicted molar refractivity (Wildman–Crippen MR) is 136 cm³/mol. The van der Waals surface area contributed by atoms with Crippen molar-refractivity contribution in [2.24, 2.45) is 0 Å². The Balaban J connectivity index is 1.35. The van der Waals surface area contributed by atoms with Crippen molar-refractivity contribution in [3.63, 3.8) is 0 Å². The van der Waals surface area contributed by atoms with Crippen LogP contribution in [0.25, 0.3) is 11.5 Å². The van der Waals surface area contributed by atoms with Crippen LogP contribution in [0.15, 0.2) is 60.9 Å². The fourth-order valence-corrected chi connectivity index (χ4v) is 4.78. The van der Waals surface area contributed by atoms with Gasteiger partial charge in [0.05, 0.1) is 12.8 Å². The van der Waals surface area contributed by atoms with E-state index < -0.39 is 0 Å². The van der Waals surface area contributed by atoms with E-state index in [0.717, 1.165) is 22.4 Å². The number of hydrogen-bond donors (Lipinski definition) is 1. The number of anilines is 1. The molecule has 1 unspecified atom stereocenters. The van der Waals surface area contributed by atoms with Crippen molar-refractivity contribution < 1.29 is 14.3 Å². The number of fused-ring (bicyclic) bond motifs is 2. The maximum absolute atomic E-state index is 12.8. The minimum absolute atomic E-state index is 0.0946. The highest BCUT2D eigenvalue weighted by atomic mass is 16.5. The van der Waals surface area contributed by atoms with Gasteiger partial charge in [0.15, 0.2) is 23.0 Å². The van der Waals surface area contributed by atoms with E-state index in [1.807, 2.05) is 37.3 Å². The number of aromatic nitrogens is 6. The first-order chi connectivity index (χ1) is 18.0. The molecule has 1 atom stereocenters. The van der Waals surface area contributed by atoms with Gasteiger partial charge in [-0.1, -0.05) is 30.3 Å². The number of rotatable bonds is 6. The van der Waals surface area contributed by atoms with Gasteiger partial charge in [-0.05, 0) is 54.8 Å². The van der Waals surface area contributed by atoms with Gasteiger partial charge in [0.25, 0.3) is 0 Å². The van der Waals surface area contributed by atoms with Crippen molar-refractivity contribution in [2.45, 2.75) is 32.8 Å². The van der Waals surface area contributed by atoms with Crippen LogP contribution in [-0.2, 0) is 11.4 Å². The summed E-state index contributed by atoms with van der Waals surface area (Å²) in [4.78, 5) is 12.8. The lowest BCUT2D eigenvalue weighted by Gasteiger charge is -2.25. The Morgan fingerprint density at radius 2 is 1.92 bits per heavy atom. The van der Waals surface area contributed by atoms with Crippen LogP contribution in [0.1, 0.15) is 40.3 Å². The third-order valence-corrected chi connectivity index (χ3v) is 6.70. The first-order valence-electron chi connectivity index (χ1n) is 11.9. The summed E-state index contributed by atoms with van der Waals surface area (Å²) in [5.41, 5.74) is 5.61. The van der Waals surface area contributed by atoms with E-state index in [1.165, 1.54) is 11.9 Å². The van der Waals surface area contributed by atoms with E-state index in [4.69, 9.17) is 14.6 Å². The molecule has 1 aliphatic heterocycles. The quantitative estimate of drug-likeness (QED) is 0.379. The molecule has 0 spiro atoms. The number of nitrogens with one attached hydrogen (secondary N) is 1. The van der Waals surface area contributed by atoms with Crippen LogP contribution >= 0.6 is 0 Å². The van der Waals surface area contributed by atoms with Crippen molar-refractivity contribution in [3.8, 4) is 17.3 Å². The highest BCUT2D eigenvalue weighted by Crippen LogP contribution is 2.42. The molecule has 37 heavy (non-hydrogen) atoms. The van der Waals surface area contributed by atoms with E-state index >= 15 is 0 Å². The van der Waals surface area contributed by atoms with Crippen molar-refractivity contribution in [2.75, 3.05) is 12.4 Å². The molecule has 0 radical (unpaired) electrons. The van der Waals surface area contributed by atoms with Crippen LogP contribution in [0.4, 0.5) is 5.82 Å². The van der Waals surface area contributed by atoms with E-state index in [9.17, 15) is 4.79 Å². The molecule has 10 nitrogen and oxygen atoms in total. The molecule has 1 aliphatic rings. The van der Waals surface area contributed by atoms with Gasteiger partial charge >= 0.3 is 0 Å². The molecule has 0 bridgehead atoms. The number of carbonyl (C=O) groups excluding carboxylic acids is 1. The third kappa shape index (κ3) is 4.06. The Morgan fingerprint density at radius 3 is 2.76 bits per heavy atom. The Kier molecular flexibility index (Phi) is 5.56. The molecule has 186 valence electrons. The monoisotopic (exact) mass is 495 g/mol. The zero-order valence-corrected chi connectivity index (χ0v) is 20.7. The lowest BCUT2D eigenvalue weighted by atomic mass is 9.85. The van der Waals surface area contributed by atoms with Gasteiger partial charge in [0.2, 0.25) is 5.91 Å². The van der Waals surface area contributed by atoms with E-state index in [2.05, 4.69) is 39.7 Å². The molecule has 0 saturated carbocycles.